The van der Waals surface area contributed by atoms with Crippen LogP contribution < -0.4 is 5.73 Å². The summed E-state index contributed by atoms with van der Waals surface area (Å²) in [5, 5.41) is 0. The minimum Gasteiger partial charge on any atom is -0.465 e. The summed E-state index contributed by atoms with van der Waals surface area (Å²) in [6.45, 7) is 0.898. The normalized spacial score (nSPS) is 14.5. The number of ether oxygens (including phenoxy) is 2. The van der Waals surface area contributed by atoms with E-state index in [0.717, 1.165) is 0 Å². The molecule has 0 aliphatic carbocycles. The largest absolute Gasteiger partial charge is 0.522 e. The molecule has 4 nitrogen and oxygen atoms in total. The Kier molecular flexibility index (Phi) is 6.17. The lowest BCUT2D eigenvalue weighted by atomic mass is 9.77. The summed E-state index contributed by atoms with van der Waals surface area (Å²) in [5.41, 5.74) is 4.85. The van der Waals surface area contributed by atoms with Crippen LogP contribution in [0, 0.1) is 0 Å². The Morgan fingerprint density at radius 1 is 1.24 bits per heavy atom. The molecular formula is C14H18F3NO3. The van der Waals surface area contributed by atoms with E-state index in [0.29, 0.717) is 5.56 Å². The van der Waals surface area contributed by atoms with Gasteiger partial charge in [-0.15, -0.1) is 13.2 Å². The highest BCUT2D eigenvalue weighted by Gasteiger charge is 2.41. The number of carbonyl (C=O) groups excluding carboxylic acids is 1. The first kappa shape index (κ1) is 17.5. The van der Waals surface area contributed by atoms with Crippen LogP contribution in [0.5, 0.6) is 0 Å². The van der Waals surface area contributed by atoms with E-state index in [1.807, 2.05) is 0 Å². The zero-order chi connectivity index (χ0) is 15.9. The number of hydrogen-bond acceptors (Lipinski definition) is 4. The van der Waals surface area contributed by atoms with Crippen molar-refractivity contribution in [1.82, 2.24) is 0 Å². The molecule has 1 atom stereocenters. The molecule has 0 aliphatic rings. The van der Waals surface area contributed by atoms with Gasteiger partial charge in [0.15, 0.2) is 0 Å². The molecule has 2 N–H and O–H groups in total. The third-order valence-electron chi connectivity index (χ3n) is 3.14. The molecule has 118 valence electrons. The van der Waals surface area contributed by atoms with Gasteiger partial charge >= 0.3 is 12.3 Å². The maximum Gasteiger partial charge on any atom is 0.522 e. The van der Waals surface area contributed by atoms with Crippen molar-refractivity contribution in [3.63, 3.8) is 0 Å². The molecule has 1 aromatic carbocycles. The number of rotatable bonds is 7. The fraction of sp³-hybridized carbons (Fsp3) is 0.500. The number of nitrogens with two attached hydrogens (primary N) is 1. The summed E-state index contributed by atoms with van der Waals surface area (Å²) in [4.78, 5) is 12.2. The van der Waals surface area contributed by atoms with Crippen molar-refractivity contribution in [2.75, 3.05) is 19.8 Å². The SMILES string of the molecule is CCOC(=O)C(CN)(CCOC(F)(F)F)c1ccccc1. The van der Waals surface area contributed by atoms with Crippen molar-refractivity contribution in [2.24, 2.45) is 5.73 Å². The quantitative estimate of drug-likeness (QED) is 0.786. The summed E-state index contributed by atoms with van der Waals surface area (Å²) in [7, 11) is 0. The monoisotopic (exact) mass is 305 g/mol. The van der Waals surface area contributed by atoms with E-state index in [4.69, 9.17) is 10.5 Å². The number of halogens is 3. The average molecular weight is 305 g/mol. The first-order valence-corrected chi connectivity index (χ1v) is 6.49. The summed E-state index contributed by atoms with van der Waals surface area (Å²) >= 11 is 0. The fourth-order valence-corrected chi connectivity index (χ4v) is 2.03. The van der Waals surface area contributed by atoms with Gasteiger partial charge in [-0.1, -0.05) is 30.3 Å². The molecule has 1 unspecified atom stereocenters. The molecule has 0 saturated carbocycles. The van der Waals surface area contributed by atoms with E-state index >= 15 is 0 Å². The van der Waals surface area contributed by atoms with E-state index in [1.165, 1.54) is 0 Å². The van der Waals surface area contributed by atoms with Crippen molar-refractivity contribution < 1.29 is 27.4 Å². The molecule has 0 heterocycles. The van der Waals surface area contributed by atoms with Crippen molar-refractivity contribution in [2.45, 2.75) is 25.1 Å². The van der Waals surface area contributed by atoms with Gasteiger partial charge in [0.2, 0.25) is 0 Å². The molecule has 0 fully saturated rings. The van der Waals surface area contributed by atoms with Gasteiger partial charge in [0.05, 0.1) is 13.2 Å². The van der Waals surface area contributed by atoms with Gasteiger partial charge in [0.1, 0.15) is 5.41 Å². The maximum atomic E-state index is 12.2. The second-order valence-electron chi connectivity index (χ2n) is 4.42. The van der Waals surface area contributed by atoms with Crippen LogP contribution in [0.2, 0.25) is 0 Å². The number of esters is 1. The smallest absolute Gasteiger partial charge is 0.465 e. The first-order valence-electron chi connectivity index (χ1n) is 6.49. The molecule has 7 heteroatoms. The number of benzene rings is 1. The Labute approximate surface area is 121 Å². The topological polar surface area (TPSA) is 61.5 Å². The summed E-state index contributed by atoms with van der Waals surface area (Å²) < 4.78 is 45.1. The standard InChI is InChI=1S/C14H18F3NO3/c1-2-20-12(19)13(10-18,8-9-21-14(15,16)17)11-6-4-3-5-7-11/h3-7H,2,8-10,18H2,1H3. The van der Waals surface area contributed by atoms with Crippen LogP contribution in [0.3, 0.4) is 0 Å². The van der Waals surface area contributed by atoms with E-state index in [9.17, 15) is 18.0 Å². The molecule has 0 saturated heterocycles. The van der Waals surface area contributed by atoms with Crippen molar-refractivity contribution in [3.8, 4) is 0 Å². The molecule has 0 radical (unpaired) electrons. The van der Waals surface area contributed by atoms with Crippen molar-refractivity contribution in [3.05, 3.63) is 35.9 Å². The molecular weight excluding hydrogens is 287 g/mol. The van der Waals surface area contributed by atoms with E-state index in [2.05, 4.69) is 4.74 Å². The third-order valence-corrected chi connectivity index (χ3v) is 3.14. The summed E-state index contributed by atoms with van der Waals surface area (Å²) in [6.07, 6.45) is -4.96. The number of hydrogen-bond donors (Lipinski definition) is 1. The molecule has 1 rings (SSSR count). The molecule has 21 heavy (non-hydrogen) atoms. The lowest BCUT2D eigenvalue weighted by molar-refractivity contribution is -0.325. The lowest BCUT2D eigenvalue weighted by Gasteiger charge is -2.30. The van der Waals surface area contributed by atoms with Gasteiger partial charge in [0, 0.05) is 6.54 Å². The number of carbonyl (C=O) groups is 1. The van der Waals surface area contributed by atoms with Crippen LogP contribution in [0.1, 0.15) is 18.9 Å². The first-order chi connectivity index (χ1) is 9.85. The van der Waals surface area contributed by atoms with E-state index in [1.54, 1.807) is 37.3 Å². The van der Waals surface area contributed by atoms with Crippen LogP contribution in [0.4, 0.5) is 13.2 Å². The zero-order valence-corrected chi connectivity index (χ0v) is 11.7. The molecule has 0 bridgehead atoms. The Hall–Kier alpha value is -1.60. The van der Waals surface area contributed by atoms with Gasteiger partial charge in [-0.3, -0.25) is 9.53 Å². The van der Waals surface area contributed by atoms with Crippen LogP contribution in [0.25, 0.3) is 0 Å². The molecule has 0 aliphatic heterocycles. The van der Waals surface area contributed by atoms with Crippen LogP contribution in [-0.2, 0) is 19.7 Å². The Morgan fingerprint density at radius 2 is 1.86 bits per heavy atom. The van der Waals surface area contributed by atoms with Gasteiger partial charge < -0.3 is 10.5 Å². The predicted molar refractivity (Wildman–Crippen MR) is 70.4 cm³/mol. The third kappa shape index (κ3) is 4.71. The Bertz CT molecular complexity index is 451. The summed E-state index contributed by atoms with van der Waals surface area (Å²) in [6, 6.07) is 8.38. The zero-order valence-electron chi connectivity index (χ0n) is 11.7. The summed E-state index contributed by atoms with van der Waals surface area (Å²) in [5.74, 6) is -0.649. The highest BCUT2D eigenvalue weighted by molar-refractivity contribution is 5.83. The lowest BCUT2D eigenvalue weighted by Crippen LogP contribution is -2.45. The minimum absolute atomic E-state index is 0.119. The Balaban J connectivity index is 3.00. The second kappa shape index (κ2) is 7.42. The fourth-order valence-electron chi connectivity index (χ4n) is 2.03. The minimum atomic E-state index is -4.74. The molecule has 0 spiro atoms. The van der Waals surface area contributed by atoms with E-state index < -0.39 is 24.4 Å². The van der Waals surface area contributed by atoms with Crippen molar-refractivity contribution in [1.29, 1.82) is 0 Å². The molecule has 0 amide bonds. The second-order valence-corrected chi connectivity index (χ2v) is 4.42. The van der Waals surface area contributed by atoms with Gasteiger partial charge in [-0.25, -0.2) is 0 Å². The van der Waals surface area contributed by atoms with Crippen LogP contribution in [0.15, 0.2) is 30.3 Å². The molecule has 1 aromatic rings. The van der Waals surface area contributed by atoms with Crippen LogP contribution in [-0.4, -0.2) is 32.1 Å². The Morgan fingerprint density at radius 3 is 2.33 bits per heavy atom. The predicted octanol–water partition coefficient (Wildman–Crippen LogP) is 2.37. The average Bonchev–Trinajstić information content (AvgIpc) is 2.44. The highest BCUT2D eigenvalue weighted by Crippen LogP contribution is 2.30. The van der Waals surface area contributed by atoms with Crippen molar-refractivity contribution >= 4 is 5.97 Å². The van der Waals surface area contributed by atoms with Crippen LogP contribution >= 0.6 is 0 Å². The number of alkyl halides is 3. The van der Waals surface area contributed by atoms with Gasteiger partial charge in [-0.05, 0) is 18.9 Å². The maximum absolute atomic E-state index is 12.2. The van der Waals surface area contributed by atoms with Gasteiger partial charge in [0.25, 0.3) is 0 Å². The van der Waals surface area contributed by atoms with Gasteiger partial charge in [-0.2, -0.15) is 0 Å². The van der Waals surface area contributed by atoms with E-state index in [-0.39, 0.29) is 19.6 Å². The molecule has 0 aromatic heterocycles. The highest BCUT2D eigenvalue weighted by atomic mass is 19.4.